The Labute approximate surface area is 114 Å². The van der Waals surface area contributed by atoms with E-state index in [0.717, 1.165) is 10.9 Å². The molecule has 0 atom stereocenters. The first-order chi connectivity index (χ1) is 9.29. The van der Waals surface area contributed by atoms with Gasteiger partial charge in [0.05, 0.1) is 16.8 Å². The Hall–Kier alpha value is -2.33. The van der Waals surface area contributed by atoms with Crippen molar-refractivity contribution in [3.05, 3.63) is 53.4 Å². The predicted molar refractivity (Wildman–Crippen MR) is 73.2 cm³/mol. The summed E-state index contributed by atoms with van der Waals surface area (Å²) in [6, 6.07) is 11.5. The van der Waals surface area contributed by atoms with Gasteiger partial charge in [-0.05, 0) is 12.1 Å². The summed E-state index contributed by atoms with van der Waals surface area (Å²) in [6.07, 6.45) is 1.97. The van der Waals surface area contributed by atoms with Gasteiger partial charge in [-0.3, -0.25) is 4.79 Å². The second-order valence-corrected chi connectivity index (χ2v) is 4.29. The molecule has 0 saturated carbocycles. The van der Waals surface area contributed by atoms with E-state index in [1.165, 1.54) is 6.33 Å². The maximum Gasteiger partial charge on any atom is 0.155 e. The normalized spacial score (nSPS) is 10.6. The van der Waals surface area contributed by atoms with Crippen molar-refractivity contribution in [2.24, 2.45) is 0 Å². The Balaban J connectivity index is 2.24. The molecule has 0 spiro atoms. The monoisotopic (exact) mass is 269 g/mol. The fraction of sp³-hybridized carbons (Fsp3) is 0. The fourth-order valence-electron chi connectivity index (χ4n) is 1.88. The molecule has 0 unspecified atom stereocenters. The predicted octanol–water partition coefficient (Wildman–Crippen LogP) is 3.16. The number of fused-ring (bicyclic) bond motifs is 1. The highest BCUT2D eigenvalue weighted by Crippen LogP contribution is 2.24. The Morgan fingerprint density at radius 2 is 1.89 bits per heavy atom. The molecule has 19 heavy (non-hydrogen) atoms. The van der Waals surface area contributed by atoms with Crippen LogP contribution in [-0.4, -0.2) is 21.2 Å². The van der Waals surface area contributed by atoms with Gasteiger partial charge in [-0.2, -0.15) is 0 Å². The van der Waals surface area contributed by atoms with Crippen molar-refractivity contribution >= 4 is 28.8 Å². The molecule has 1 aromatic carbocycles. The zero-order valence-corrected chi connectivity index (χ0v) is 10.5. The Morgan fingerprint density at radius 3 is 2.74 bits per heavy atom. The average Bonchev–Trinajstić information content (AvgIpc) is 2.46. The van der Waals surface area contributed by atoms with Crippen molar-refractivity contribution in [1.82, 2.24) is 15.0 Å². The quantitative estimate of drug-likeness (QED) is 0.530. The lowest BCUT2D eigenvalue weighted by Gasteiger charge is -2.05. The second-order valence-electron chi connectivity index (χ2n) is 3.93. The molecule has 0 aliphatic rings. The number of para-hydroxylation sites is 1. The van der Waals surface area contributed by atoms with E-state index in [9.17, 15) is 4.79 Å². The summed E-state index contributed by atoms with van der Waals surface area (Å²) >= 11 is 5.89. The highest BCUT2D eigenvalue weighted by atomic mass is 35.5. The van der Waals surface area contributed by atoms with Gasteiger partial charge in [-0.15, -0.1) is 0 Å². The highest BCUT2D eigenvalue weighted by Gasteiger charge is 2.12. The van der Waals surface area contributed by atoms with Crippen LogP contribution in [0.2, 0.25) is 5.15 Å². The van der Waals surface area contributed by atoms with E-state index >= 15 is 0 Å². The average molecular weight is 270 g/mol. The molecule has 0 fully saturated rings. The van der Waals surface area contributed by atoms with Crippen molar-refractivity contribution in [2.45, 2.75) is 0 Å². The van der Waals surface area contributed by atoms with Gasteiger partial charge in [0.15, 0.2) is 6.29 Å². The topological polar surface area (TPSA) is 55.7 Å². The number of halogens is 1. The summed E-state index contributed by atoms with van der Waals surface area (Å²) in [5, 5.41) is 1.16. The minimum Gasteiger partial charge on any atom is -0.298 e. The van der Waals surface area contributed by atoms with Crippen LogP contribution in [0.15, 0.2) is 42.7 Å². The van der Waals surface area contributed by atoms with Crippen LogP contribution in [0.5, 0.6) is 0 Å². The molecule has 4 nitrogen and oxygen atoms in total. The van der Waals surface area contributed by atoms with Crippen LogP contribution in [0, 0.1) is 0 Å². The number of hydrogen-bond acceptors (Lipinski definition) is 4. The van der Waals surface area contributed by atoms with E-state index in [1.54, 1.807) is 0 Å². The summed E-state index contributed by atoms with van der Waals surface area (Å²) in [5.41, 5.74) is 2.14. The Kier molecular flexibility index (Phi) is 2.93. The number of carbonyl (C=O) groups excluding carboxylic acids is 1. The highest BCUT2D eigenvalue weighted by molar-refractivity contribution is 6.32. The molecular formula is C14H8ClN3O. The Morgan fingerprint density at radius 1 is 1.05 bits per heavy atom. The summed E-state index contributed by atoms with van der Waals surface area (Å²) in [6.45, 7) is 0. The molecule has 3 rings (SSSR count). The standard InChI is InChI=1S/C14H8ClN3O/c15-14-10(7-19)13(16-8-17-14)12-6-5-9-3-1-2-4-11(9)18-12/h1-8H. The molecule has 0 saturated heterocycles. The number of hydrogen-bond donors (Lipinski definition) is 0. The van der Waals surface area contributed by atoms with Gasteiger partial charge >= 0.3 is 0 Å². The van der Waals surface area contributed by atoms with Gasteiger partial charge in [0.1, 0.15) is 17.2 Å². The Bertz CT molecular complexity index is 773. The molecule has 0 aliphatic heterocycles. The van der Waals surface area contributed by atoms with Crippen LogP contribution in [-0.2, 0) is 0 Å². The third-order valence-electron chi connectivity index (χ3n) is 2.79. The zero-order valence-electron chi connectivity index (χ0n) is 9.75. The molecular weight excluding hydrogens is 262 g/mol. The summed E-state index contributed by atoms with van der Waals surface area (Å²) < 4.78 is 0. The van der Waals surface area contributed by atoms with Crippen molar-refractivity contribution in [3.63, 3.8) is 0 Å². The molecule has 0 amide bonds. The zero-order chi connectivity index (χ0) is 13.2. The summed E-state index contributed by atoms with van der Waals surface area (Å²) in [4.78, 5) is 23.5. The molecule has 0 bridgehead atoms. The molecule has 2 heterocycles. The van der Waals surface area contributed by atoms with Gasteiger partial charge < -0.3 is 0 Å². The van der Waals surface area contributed by atoms with Crippen molar-refractivity contribution < 1.29 is 4.79 Å². The second kappa shape index (κ2) is 4.74. The van der Waals surface area contributed by atoms with Crippen molar-refractivity contribution in [3.8, 4) is 11.4 Å². The molecule has 3 aromatic rings. The van der Waals surface area contributed by atoms with E-state index in [0.29, 0.717) is 17.7 Å². The SMILES string of the molecule is O=Cc1c(Cl)ncnc1-c1ccc2ccccc2n1. The number of benzene rings is 1. The van der Waals surface area contributed by atoms with E-state index in [2.05, 4.69) is 15.0 Å². The molecule has 0 radical (unpaired) electrons. The van der Waals surface area contributed by atoms with E-state index in [4.69, 9.17) is 11.6 Å². The number of aldehydes is 1. The first-order valence-corrected chi connectivity index (χ1v) is 5.99. The molecule has 92 valence electrons. The lowest BCUT2D eigenvalue weighted by Crippen LogP contribution is -1.97. The largest absolute Gasteiger partial charge is 0.298 e. The first-order valence-electron chi connectivity index (χ1n) is 5.61. The third-order valence-corrected chi connectivity index (χ3v) is 3.10. The number of aromatic nitrogens is 3. The minimum atomic E-state index is 0.134. The summed E-state index contributed by atoms with van der Waals surface area (Å²) in [5.74, 6) is 0. The van der Waals surface area contributed by atoms with Crippen LogP contribution in [0.25, 0.3) is 22.3 Å². The van der Waals surface area contributed by atoms with Gasteiger partial charge in [0, 0.05) is 5.39 Å². The van der Waals surface area contributed by atoms with Gasteiger partial charge in [0.25, 0.3) is 0 Å². The van der Waals surface area contributed by atoms with E-state index in [1.807, 2.05) is 36.4 Å². The maximum atomic E-state index is 11.1. The maximum absolute atomic E-state index is 11.1. The van der Waals surface area contributed by atoms with Crippen LogP contribution < -0.4 is 0 Å². The van der Waals surface area contributed by atoms with Crippen LogP contribution in [0.4, 0.5) is 0 Å². The van der Waals surface area contributed by atoms with Crippen molar-refractivity contribution in [2.75, 3.05) is 0 Å². The lowest BCUT2D eigenvalue weighted by atomic mass is 10.1. The minimum absolute atomic E-state index is 0.134. The molecule has 0 N–H and O–H groups in total. The fourth-order valence-corrected chi connectivity index (χ4v) is 2.06. The van der Waals surface area contributed by atoms with Gasteiger partial charge in [0.2, 0.25) is 0 Å². The number of pyridine rings is 1. The third kappa shape index (κ3) is 2.06. The number of rotatable bonds is 2. The smallest absolute Gasteiger partial charge is 0.155 e. The molecule has 0 aliphatic carbocycles. The van der Waals surface area contributed by atoms with E-state index in [-0.39, 0.29) is 10.7 Å². The lowest BCUT2D eigenvalue weighted by molar-refractivity contribution is 0.112. The van der Waals surface area contributed by atoms with E-state index < -0.39 is 0 Å². The summed E-state index contributed by atoms with van der Waals surface area (Å²) in [7, 11) is 0. The van der Waals surface area contributed by atoms with Crippen LogP contribution in [0.1, 0.15) is 10.4 Å². The number of carbonyl (C=O) groups is 1. The van der Waals surface area contributed by atoms with Crippen LogP contribution in [0.3, 0.4) is 0 Å². The first kappa shape index (κ1) is 11.7. The number of nitrogens with zero attached hydrogens (tertiary/aromatic N) is 3. The molecule has 5 heteroatoms. The van der Waals surface area contributed by atoms with Crippen molar-refractivity contribution in [1.29, 1.82) is 0 Å². The van der Waals surface area contributed by atoms with Gasteiger partial charge in [-0.25, -0.2) is 15.0 Å². The molecule has 2 aromatic heterocycles. The van der Waals surface area contributed by atoms with Gasteiger partial charge in [-0.1, -0.05) is 35.9 Å². The van der Waals surface area contributed by atoms with Crippen LogP contribution >= 0.6 is 11.6 Å².